The second-order valence-electron chi connectivity index (χ2n) is 6.20. The third-order valence-electron chi connectivity index (χ3n) is 4.41. The number of carboxylic acids is 1. The number of halogens is 1. The lowest BCUT2D eigenvalue weighted by molar-refractivity contribution is 0.0691. The molecular weight excluding hydrogens is 501 g/mol. The molecule has 0 aliphatic heterocycles. The molecule has 2 heterocycles. The van der Waals surface area contributed by atoms with E-state index in [1.54, 1.807) is 4.68 Å². The highest BCUT2D eigenvalue weighted by atomic mass is 127. The molecule has 0 radical (unpaired) electrons. The van der Waals surface area contributed by atoms with E-state index in [0.717, 1.165) is 33.8 Å². The van der Waals surface area contributed by atoms with Crippen LogP contribution in [0.25, 0.3) is 27.6 Å². The van der Waals surface area contributed by atoms with Crippen molar-refractivity contribution >= 4 is 39.9 Å². The second kappa shape index (κ2) is 8.34. The monoisotopic (exact) mass is 517 g/mol. The molecule has 0 amide bonds. The Kier molecular flexibility index (Phi) is 5.63. The van der Waals surface area contributed by atoms with Crippen LogP contribution in [0.4, 0.5) is 0 Å². The number of ether oxygens (including phenoxy) is 1. The summed E-state index contributed by atoms with van der Waals surface area (Å²) in [7, 11) is 0. The van der Waals surface area contributed by atoms with E-state index in [9.17, 15) is 9.90 Å². The van der Waals surface area contributed by atoms with Gasteiger partial charge in [-0.25, -0.2) is 14.5 Å². The molecule has 146 valence electrons. The number of thiazole rings is 1. The zero-order valence-corrected chi connectivity index (χ0v) is 18.3. The summed E-state index contributed by atoms with van der Waals surface area (Å²) < 4.78 is 7.83. The van der Waals surface area contributed by atoms with Crippen molar-refractivity contribution in [3.63, 3.8) is 0 Å². The van der Waals surface area contributed by atoms with E-state index in [2.05, 4.69) is 27.6 Å². The molecule has 0 spiro atoms. The van der Waals surface area contributed by atoms with Crippen LogP contribution in [0, 0.1) is 6.92 Å². The summed E-state index contributed by atoms with van der Waals surface area (Å²) in [6.07, 6.45) is 0. The molecule has 0 saturated heterocycles. The fourth-order valence-electron chi connectivity index (χ4n) is 3.08. The Morgan fingerprint density at radius 2 is 1.86 bits per heavy atom. The molecule has 1 N–H and O–H groups in total. The number of benzene rings is 2. The highest BCUT2D eigenvalue weighted by molar-refractivity contribution is 14.1. The zero-order chi connectivity index (χ0) is 20.4. The lowest BCUT2D eigenvalue weighted by Gasteiger charge is -2.07. The largest absolute Gasteiger partial charge is 0.483 e. The van der Waals surface area contributed by atoms with Crippen molar-refractivity contribution in [3.8, 4) is 33.4 Å². The molecule has 0 unspecified atom stereocenters. The van der Waals surface area contributed by atoms with Crippen molar-refractivity contribution < 1.29 is 14.6 Å². The lowest BCUT2D eigenvalue weighted by Crippen LogP contribution is -2.02. The fraction of sp³-hybridized carbons (Fsp3) is 0.0952. The number of carbonyl (C=O) groups is 1. The number of rotatable bonds is 6. The summed E-state index contributed by atoms with van der Waals surface area (Å²) in [4.78, 5) is 15.5. The van der Waals surface area contributed by atoms with Gasteiger partial charge in [0.15, 0.2) is 5.69 Å². The molecule has 2 aromatic carbocycles. The van der Waals surface area contributed by atoms with Crippen molar-refractivity contribution in [1.29, 1.82) is 0 Å². The zero-order valence-electron chi connectivity index (χ0n) is 15.4. The number of hydrogen-bond donors (Lipinski definition) is 1. The Bertz CT molecular complexity index is 1150. The predicted molar refractivity (Wildman–Crippen MR) is 121 cm³/mol. The van der Waals surface area contributed by atoms with Crippen LogP contribution in [-0.4, -0.2) is 30.5 Å². The van der Waals surface area contributed by atoms with Gasteiger partial charge in [-0.2, -0.15) is 5.10 Å². The first-order valence-corrected chi connectivity index (χ1v) is 11.1. The van der Waals surface area contributed by atoms with Gasteiger partial charge < -0.3 is 9.84 Å². The van der Waals surface area contributed by atoms with Gasteiger partial charge in [-0.3, -0.25) is 0 Å². The maximum Gasteiger partial charge on any atom is 0.355 e. The van der Waals surface area contributed by atoms with Crippen molar-refractivity contribution in [1.82, 2.24) is 14.8 Å². The number of hydrogen-bond acceptors (Lipinski definition) is 5. The summed E-state index contributed by atoms with van der Waals surface area (Å²) in [6.45, 7) is 2.02. The Labute approximate surface area is 184 Å². The van der Waals surface area contributed by atoms with Crippen LogP contribution in [0.5, 0.6) is 5.75 Å². The Morgan fingerprint density at radius 1 is 1.14 bits per heavy atom. The van der Waals surface area contributed by atoms with E-state index in [4.69, 9.17) is 9.84 Å². The number of carboxylic acid groups (broad SMARTS) is 1. The maximum atomic E-state index is 11.3. The lowest BCUT2D eigenvalue weighted by atomic mass is 10.0. The highest BCUT2D eigenvalue weighted by Crippen LogP contribution is 2.35. The topological polar surface area (TPSA) is 77.2 Å². The third-order valence-corrected chi connectivity index (χ3v) is 5.54. The molecule has 0 saturated carbocycles. The molecule has 8 heteroatoms. The van der Waals surface area contributed by atoms with Gasteiger partial charge in [-0.1, -0.05) is 30.3 Å². The molecule has 6 nitrogen and oxygen atoms in total. The molecule has 2 aromatic heterocycles. The van der Waals surface area contributed by atoms with Gasteiger partial charge >= 0.3 is 5.97 Å². The molecule has 0 atom stereocenters. The number of nitrogens with zero attached hydrogens (tertiary/aromatic N) is 3. The standard InChI is InChI=1S/C21H16IN3O3S/c1-13-18(14-5-3-2-4-6-14)24-25(21-23-17(11-29-21)20(26)27)19(13)15-7-9-16(10-8-15)28-12-22/h2-11H,12H2,1H3,(H,26,27). The van der Waals surface area contributed by atoms with E-state index in [1.165, 1.54) is 16.7 Å². The summed E-state index contributed by atoms with van der Waals surface area (Å²) in [5, 5.41) is 16.1. The van der Waals surface area contributed by atoms with Crippen LogP contribution < -0.4 is 4.74 Å². The van der Waals surface area contributed by atoms with Gasteiger partial charge in [0.2, 0.25) is 5.13 Å². The van der Waals surface area contributed by atoms with Crippen LogP contribution in [0.2, 0.25) is 0 Å². The molecule has 29 heavy (non-hydrogen) atoms. The van der Waals surface area contributed by atoms with Crippen molar-refractivity contribution in [2.45, 2.75) is 6.92 Å². The molecule has 4 rings (SSSR count). The van der Waals surface area contributed by atoms with E-state index >= 15 is 0 Å². The van der Waals surface area contributed by atoms with E-state index in [0.29, 0.717) is 9.75 Å². The van der Waals surface area contributed by atoms with E-state index in [1.807, 2.05) is 61.5 Å². The first kappa shape index (κ1) is 19.6. The molecule has 0 bridgehead atoms. The SMILES string of the molecule is Cc1c(-c2ccccc2)nn(-c2nc(C(=O)O)cs2)c1-c1ccc(OCI)cc1. The van der Waals surface area contributed by atoms with E-state index in [-0.39, 0.29) is 5.69 Å². The predicted octanol–water partition coefficient (Wildman–Crippen LogP) is 5.44. The minimum atomic E-state index is -1.05. The van der Waals surface area contributed by atoms with Gasteiger partial charge in [0, 0.05) is 22.1 Å². The molecule has 0 aliphatic carbocycles. The summed E-state index contributed by atoms with van der Waals surface area (Å²) in [6, 6.07) is 17.7. The number of aromatic nitrogens is 3. The Morgan fingerprint density at radius 3 is 2.48 bits per heavy atom. The first-order chi connectivity index (χ1) is 14.1. The summed E-state index contributed by atoms with van der Waals surface area (Å²) in [5.74, 6) is -0.265. The van der Waals surface area contributed by atoms with Gasteiger partial charge in [0.25, 0.3) is 0 Å². The van der Waals surface area contributed by atoms with Crippen LogP contribution in [0.1, 0.15) is 16.1 Å². The average molecular weight is 517 g/mol. The normalized spacial score (nSPS) is 10.8. The van der Waals surface area contributed by atoms with Crippen molar-refractivity contribution in [2.75, 3.05) is 4.61 Å². The second-order valence-corrected chi connectivity index (χ2v) is 7.66. The average Bonchev–Trinajstić information content (AvgIpc) is 3.35. The first-order valence-electron chi connectivity index (χ1n) is 8.72. The van der Waals surface area contributed by atoms with E-state index < -0.39 is 5.97 Å². The molecular formula is C21H16IN3O3S. The minimum absolute atomic E-state index is 0.0103. The fourth-order valence-corrected chi connectivity index (χ4v) is 4.19. The molecule has 4 aromatic rings. The Hall–Kier alpha value is -2.72. The van der Waals surface area contributed by atoms with Gasteiger partial charge in [0.1, 0.15) is 10.4 Å². The van der Waals surface area contributed by atoms with Crippen molar-refractivity contribution in [2.24, 2.45) is 0 Å². The molecule has 0 aliphatic rings. The number of alkyl halides is 1. The molecule has 0 fully saturated rings. The van der Waals surface area contributed by atoms with Crippen molar-refractivity contribution in [3.05, 3.63) is 71.2 Å². The summed E-state index contributed by atoms with van der Waals surface area (Å²) >= 11 is 3.41. The summed E-state index contributed by atoms with van der Waals surface area (Å²) in [5.41, 5.74) is 4.65. The van der Waals surface area contributed by atoms with Gasteiger partial charge in [-0.05, 0) is 53.8 Å². The maximum absolute atomic E-state index is 11.3. The smallest absolute Gasteiger partial charge is 0.355 e. The highest BCUT2D eigenvalue weighted by Gasteiger charge is 2.21. The Balaban J connectivity index is 1.89. The van der Waals surface area contributed by atoms with Gasteiger partial charge in [-0.15, -0.1) is 11.3 Å². The quantitative estimate of drug-likeness (QED) is 0.272. The van der Waals surface area contributed by atoms with Crippen LogP contribution >= 0.6 is 33.9 Å². The van der Waals surface area contributed by atoms with Crippen LogP contribution in [0.3, 0.4) is 0 Å². The van der Waals surface area contributed by atoms with Gasteiger partial charge in [0.05, 0.1) is 11.4 Å². The van der Waals surface area contributed by atoms with Crippen LogP contribution in [-0.2, 0) is 0 Å². The minimum Gasteiger partial charge on any atom is -0.483 e. The van der Waals surface area contributed by atoms with Crippen LogP contribution in [0.15, 0.2) is 60.0 Å². The third kappa shape index (κ3) is 3.90. The number of aromatic carboxylic acids is 1.